The first-order valence-electron chi connectivity index (χ1n) is 11.1. The number of piperidine rings is 1. The van der Waals surface area contributed by atoms with E-state index in [-0.39, 0.29) is 11.6 Å². The van der Waals surface area contributed by atoms with E-state index >= 15 is 0 Å². The molecule has 0 saturated carbocycles. The number of carboxylic acid groups (broad SMARTS) is 1. The molecule has 1 heterocycles. The van der Waals surface area contributed by atoms with Crippen LogP contribution >= 0.6 is 0 Å². The second-order valence-electron chi connectivity index (χ2n) is 8.24. The van der Waals surface area contributed by atoms with Gasteiger partial charge in [0.2, 0.25) is 0 Å². The molecular weight excluding hydrogens is 402 g/mol. The number of aliphatic hydroxyl groups is 1. The summed E-state index contributed by atoms with van der Waals surface area (Å²) >= 11 is 0. The summed E-state index contributed by atoms with van der Waals surface area (Å²) in [5.74, 6) is -1.62. The van der Waals surface area contributed by atoms with E-state index in [0.717, 1.165) is 24.2 Å². The molecule has 3 aromatic rings. The third-order valence-corrected chi connectivity index (χ3v) is 6.28. The van der Waals surface area contributed by atoms with Crippen molar-refractivity contribution < 1.29 is 25.0 Å². The van der Waals surface area contributed by atoms with E-state index in [1.165, 1.54) is 48.4 Å². The van der Waals surface area contributed by atoms with Gasteiger partial charge >= 0.3 is 5.97 Å². The number of para-hydroxylation sites is 1. The Morgan fingerprint density at radius 2 is 1.31 bits per heavy atom. The average Bonchev–Trinajstić information content (AvgIpc) is 2.85. The zero-order valence-corrected chi connectivity index (χ0v) is 18.4. The van der Waals surface area contributed by atoms with Gasteiger partial charge in [0.15, 0.2) is 5.60 Å². The highest BCUT2D eigenvalue weighted by Gasteiger charge is 2.43. The second kappa shape index (κ2) is 10.9. The maximum Gasteiger partial charge on any atom is 0.335 e. The lowest BCUT2D eigenvalue weighted by molar-refractivity contribution is -0.935. The lowest BCUT2D eigenvalue weighted by Crippen LogP contribution is -3.18. The van der Waals surface area contributed by atoms with Crippen molar-refractivity contribution in [2.24, 2.45) is 0 Å². The van der Waals surface area contributed by atoms with Gasteiger partial charge in [-0.1, -0.05) is 84.6 Å². The number of nitrogens with one attached hydrogen (secondary N) is 1. The predicted octanol–water partition coefficient (Wildman–Crippen LogP) is 2.84. The predicted molar refractivity (Wildman–Crippen MR) is 123 cm³/mol. The van der Waals surface area contributed by atoms with E-state index in [9.17, 15) is 15.0 Å². The van der Waals surface area contributed by atoms with Gasteiger partial charge in [-0.05, 0) is 43.4 Å². The van der Waals surface area contributed by atoms with Crippen LogP contribution in [0.2, 0.25) is 0 Å². The molecule has 1 unspecified atom stereocenters. The van der Waals surface area contributed by atoms with E-state index in [0.29, 0.717) is 0 Å². The molecule has 3 N–H and O–H groups in total. The smallest absolute Gasteiger partial charge is 0.335 e. The summed E-state index contributed by atoms with van der Waals surface area (Å²) in [7, 11) is 0. The lowest BCUT2D eigenvalue weighted by Gasteiger charge is -2.40. The van der Waals surface area contributed by atoms with Crippen molar-refractivity contribution in [2.75, 3.05) is 13.1 Å². The minimum atomic E-state index is -1.18. The Hall–Kier alpha value is -3.15. The highest BCUT2D eigenvalue weighted by atomic mass is 16.4. The molecule has 1 aliphatic rings. The fourth-order valence-electron chi connectivity index (χ4n) is 4.43. The number of likely N-dealkylation sites (tertiary alicyclic amines) is 1. The standard InChI is InChI=1S/C20H25NO.C7H6O3/c1-17(21-15-9-4-10-16-21)20(22,18-11-5-2-6-12-18)19-13-7-3-8-14-19;8-6-4-2-1-3-5(6)7(9)10/h2-3,5-8,11-14,17,22H,4,9-10,15-16H2,1H3;1-4,8H,(H,9,10). The molecule has 1 aliphatic heterocycles. The molecule has 0 aromatic heterocycles. The Kier molecular flexibility index (Phi) is 8.03. The second-order valence-corrected chi connectivity index (χ2v) is 8.24. The van der Waals surface area contributed by atoms with Crippen molar-refractivity contribution in [3.8, 4) is 5.75 Å². The zero-order valence-electron chi connectivity index (χ0n) is 18.4. The van der Waals surface area contributed by atoms with Crippen LogP contribution in [-0.4, -0.2) is 35.3 Å². The quantitative estimate of drug-likeness (QED) is 0.578. The first kappa shape index (κ1) is 23.5. The topological polar surface area (TPSA) is 85.0 Å². The van der Waals surface area contributed by atoms with E-state index < -0.39 is 17.3 Å². The number of carbonyl (C=O) groups is 1. The molecule has 0 bridgehead atoms. The van der Waals surface area contributed by atoms with Crippen LogP contribution in [0.25, 0.3) is 0 Å². The normalized spacial score (nSPS) is 15.3. The van der Waals surface area contributed by atoms with Gasteiger partial charge in [0.25, 0.3) is 0 Å². The third-order valence-electron chi connectivity index (χ3n) is 6.28. The van der Waals surface area contributed by atoms with Crippen molar-refractivity contribution in [3.05, 3.63) is 102 Å². The van der Waals surface area contributed by atoms with E-state index in [4.69, 9.17) is 5.11 Å². The van der Waals surface area contributed by atoms with Gasteiger partial charge in [-0.15, -0.1) is 0 Å². The van der Waals surface area contributed by atoms with Crippen LogP contribution in [0.5, 0.6) is 5.75 Å². The number of hydrogen-bond donors (Lipinski definition) is 3. The third kappa shape index (κ3) is 5.36. The minimum Gasteiger partial charge on any atom is -0.872 e. The number of carboxylic acids is 1. The van der Waals surface area contributed by atoms with Gasteiger partial charge in [-0.2, -0.15) is 0 Å². The van der Waals surface area contributed by atoms with Crippen molar-refractivity contribution in [2.45, 2.75) is 37.8 Å². The number of hydrogen-bond acceptors (Lipinski definition) is 3. The largest absolute Gasteiger partial charge is 0.872 e. The first-order valence-corrected chi connectivity index (χ1v) is 11.1. The molecule has 1 atom stereocenters. The van der Waals surface area contributed by atoms with Gasteiger partial charge in [-0.25, -0.2) is 4.79 Å². The molecule has 0 radical (unpaired) electrons. The van der Waals surface area contributed by atoms with Crippen LogP contribution in [0.15, 0.2) is 84.9 Å². The van der Waals surface area contributed by atoms with Gasteiger partial charge < -0.3 is 20.2 Å². The summed E-state index contributed by atoms with van der Waals surface area (Å²) < 4.78 is 0. The molecule has 0 amide bonds. The lowest BCUT2D eigenvalue weighted by atomic mass is 9.79. The Morgan fingerprint density at radius 1 is 0.844 bits per heavy atom. The molecule has 4 rings (SSSR count). The zero-order chi connectivity index (χ0) is 23.0. The fraction of sp³-hybridized carbons (Fsp3) is 0.296. The van der Waals surface area contributed by atoms with Crippen LogP contribution in [-0.2, 0) is 5.60 Å². The molecule has 0 aliphatic carbocycles. The van der Waals surface area contributed by atoms with Crippen molar-refractivity contribution in [3.63, 3.8) is 0 Å². The number of aromatic carboxylic acids is 1. The molecule has 1 fully saturated rings. The molecule has 5 heteroatoms. The summed E-state index contributed by atoms with van der Waals surface area (Å²) in [4.78, 5) is 11.7. The number of benzene rings is 3. The highest BCUT2D eigenvalue weighted by molar-refractivity contribution is 5.90. The first-order chi connectivity index (χ1) is 15.4. The number of rotatable bonds is 5. The SMILES string of the molecule is CC([NH+]1CCCCC1)C(O)(c1ccccc1)c1ccccc1.O=C(O)c1ccccc1[O-]. The van der Waals surface area contributed by atoms with Crippen molar-refractivity contribution in [1.82, 2.24) is 0 Å². The Labute approximate surface area is 189 Å². The van der Waals surface area contributed by atoms with Gasteiger partial charge in [-0.3, -0.25) is 0 Å². The Bertz CT molecular complexity index is 945. The number of quaternary nitrogens is 1. The molecule has 32 heavy (non-hydrogen) atoms. The van der Waals surface area contributed by atoms with Crippen LogP contribution in [0, 0.1) is 0 Å². The molecule has 1 saturated heterocycles. The van der Waals surface area contributed by atoms with E-state index in [2.05, 4.69) is 6.92 Å². The maximum atomic E-state index is 11.8. The summed E-state index contributed by atoms with van der Waals surface area (Å²) in [5.41, 5.74) is 0.871. The minimum absolute atomic E-state index is 0.137. The molecule has 5 nitrogen and oxygen atoms in total. The highest BCUT2D eigenvalue weighted by Crippen LogP contribution is 2.32. The van der Waals surface area contributed by atoms with Crippen LogP contribution in [0.3, 0.4) is 0 Å². The van der Waals surface area contributed by atoms with Gasteiger partial charge in [0.1, 0.15) is 6.04 Å². The fourth-order valence-corrected chi connectivity index (χ4v) is 4.43. The van der Waals surface area contributed by atoms with Crippen LogP contribution in [0.4, 0.5) is 0 Å². The van der Waals surface area contributed by atoms with Gasteiger partial charge in [0.05, 0.1) is 18.7 Å². The average molecular weight is 434 g/mol. The monoisotopic (exact) mass is 433 g/mol. The molecule has 168 valence electrons. The summed E-state index contributed by atoms with van der Waals surface area (Å²) in [6, 6.07) is 25.9. The van der Waals surface area contributed by atoms with Crippen LogP contribution in [0.1, 0.15) is 47.7 Å². The van der Waals surface area contributed by atoms with Crippen molar-refractivity contribution in [1.29, 1.82) is 0 Å². The summed E-state index contributed by atoms with van der Waals surface area (Å²) in [6.07, 6.45) is 3.85. The van der Waals surface area contributed by atoms with Gasteiger partial charge in [0, 0.05) is 0 Å². The molecular formula is C27H31NO4. The van der Waals surface area contributed by atoms with Crippen molar-refractivity contribution >= 4 is 5.97 Å². The maximum absolute atomic E-state index is 11.8. The van der Waals surface area contributed by atoms with E-state index in [1.54, 1.807) is 0 Å². The molecule has 0 spiro atoms. The van der Waals surface area contributed by atoms with E-state index in [1.807, 2.05) is 60.7 Å². The summed E-state index contributed by atoms with van der Waals surface area (Å²) in [5, 5.41) is 30.8. The Morgan fingerprint density at radius 3 is 1.75 bits per heavy atom. The molecule has 3 aromatic carbocycles. The Balaban J connectivity index is 0.000000243. The van der Waals surface area contributed by atoms with Crippen LogP contribution < -0.4 is 10.0 Å². The summed E-state index contributed by atoms with van der Waals surface area (Å²) in [6.45, 7) is 4.51.